The number of amides is 1. The first-order valence-corrected chi connectivity index (χ1v) is 10.5. The number of pyridine rings is 1. The molecule has 1 amide bonds. The molecule has 3 N–H and O–H groups in total. The van der Waals surface area contributed by atoms with Crippen molar-refractivity contribution in [3.05, 3.63) is 104 Å². The fraction of sp³-hybridized carbons (Fsp3) is 0.167. The van der Waals surface area contributed by atoms with Crippen molar-refractivity contribution in [2.75, 3.05) is 0 Å². The molecular weight excluding hydrogens is 465 g/mol. The second-order valence-corrected chi connectivity index (χ2v) is 7.90. The number of hydrogen-bond donors (Lipinski definition) is 3. The molecule has 2 aromatic heterocycles. The molecule has 0 bridgehead atoms. The number of fused-ring (bicyclic) bond motifs is 1. The minimum Gasteiger partial charge on any atom is -0.507 e. The normalized spacial score (nSPS) is 12.9. The molecule has 8 nitrogen and oxygen atoms in total. The average molecular weight is 484 g/mol. The maximum absolute atomic E-state index is 14.2. The third-order valence-corrected chi connectivity index (χ3v) is 5.50. The molecule has 4 rings (SSSR count). The minimum absolute atomic E-state index is 0.0724. The molecule has 4 aromatic rings. The molecule has 0 saturated carbocycles. The molecule has 0 spiro atoms. The standard InChI is InChI=1S/C24H19F3N4O4/c1-12(21-16(27)10-15(26)11-28-21)29-22(33)18(9-13-5-7-14(25)8-6-13)31-23(34)20-17(30-24(31)35)3-2-4-19(20)32/h2-8,10-12,18,32H,9H2,1H3,(H,29,33)(H,30,35)/t12-,18+/m0/s1. The molecule has 0 radical (unpaired) electrons. The Labute approximate surface area is 195 Å². The van der Waals surface area contributed by atoms with Crippen LogP contribution in [-0.2, 0) is 11.2 Å². The summed E-state index contributed by atoms with van der Waals surface area (Å²) in [5.74, 6) is -3.66. The van der Waals surface area contributed by atoms with Crippen LogP contribution in [0.25, 0.3) is 10.9 Å². The van der Waals surface area contributed by atoms with E-state index in [0.717, 1.165) is 18.3 Å². The van der Waals surface area contributed by atoms with Crippen molar-refractivity contribution >= 4 is 16.8 Å². The van der Waals surface area contributed by atoms with Crippen LogP contribution in [0.1, 0.15) is 30.3 Å². The average Bonchev–Trinajstić information content (AvgIpc) is 2.79. The van der Waals surface area contributed by atoms with E-state index in [2.05, 4.69) is 15.3 Å². The lowest BCUT2D eigenvalue weighted by Gasteiger charge is -2.22. The highest BCUT2D eigenvalue weighted by molar-refractivity contribution is 5.85. The van der Waals surface area contributed by atoms with Crippen LogP contribution in [0.3, 0.4) is 0 Å². The minimum atomic E-state index is -1.47. The summed E-state index contributed by atoms with van der Waals surface area (Å²) in [6.45, 7) is 1.40. The maximum Gasteiger partial charge on any atom is 0.329 e. The van der Waals surface area contributed by atoms with Crippen LogP contribution in [0.4, 0.5) is 13.2 Å². The summed E-state index contributed by atoms with van der Waals surface area (Å²) in [6, 6.07) is 7.29. The number of aromatic nitrogens is 3. The molecule has 0 unspecified atom stereocenters. The highest BCUT2D eigenvalue weighted by Crippen LogP contribution is 2.21. The maximum atomic E-state index is 14.2. The second kappa shape index (κ2) is 9.45. The molecule has 0 aliphatic carbocycles. The van der Waals surface area contributed by atoms with Gasteiger partial charge in [-0.05, 0) is 36.8 Å². The summed E-state index contributed by atoms with van der Waals surface area (Å²) in [5.41, 5.74) is -1.60. The molecule has 11 heteroatoms. The zero-order valence-corrected chi connectivity index (χ0v) is 18.3. The molecule has 0 saturated heterocycles. The van der Waals surface area contributed by atoms with Gasteiger partial charge in [-0.25, -0.2) is 22.5 Å². The Hall–Kier alpha value is -4.41. The van der Waals surface area contributed by atoms with Gasteiger partial charge in [-0.3, -0.25) is 14.6 Å². The smallest absolute Gasteiger partial charge is 0.329 e. The van der Waals surface area contributed by atoms with Gasteiger partial charge in [0.1, 0.15) is 34.6 Å². The highest BCUT2D eigenvalue weighted by atomic mass is 19.1. The number of aromatic amines is 1. The SMILES string of the molecule is C[C@H](NC(=O)[C@@H](Cc1ccc(F)cc1)n1c(=O)[nH]c2cccc(O)c2c1=O)c1ncc(F)cc1F. The molecule has 2 heterocycles. The van der Waals surface area contributed by atoms with Crippen LogP contribution in [0.5, 0.6) is 5.75 Å². The van der Waals surface area contributed by atoms with Crippen LogP contribution in [-0.4, -0.2) is 25.5 Å². The molecule has 2 aromatic carbocycles. The summed E-state index contributed by atoms with van der Waals surface area (Å²) in [5, 5.41) is 12.5. The van der Waals surface area contributed by atoms with Crippen molar-refractivity contribution in [1.29, 1.82) is 0 Å². The van der Waals surface area contributed by atoms with Gasteiger partial charge in [0, 0.05) is 12.5 Å². The summed E-state index contributed by atoms with van der Waals surface area (Å²) >= 11 is 0. The zero-order valence-electron chi connectivity index (χ0n) is 18.3. The van der Waals surface area contributed by atoms with Gasteiger partial charge in [0.15, 0.2) is 0 Å². The van der Waals surface area contributed by atoms with Crippen molar-refractivity contribution in [3.8, 4) is 5.75 Å². The molecule has 0 aliphatic rings. The Morgan fingerprint density at radius 1 is 1.11 bits per heavy atom. The van der Waals surface area contributed by atoms with Crippen molar-refractivity contribution in [1.82, 2.24) is 19.9 Å². The van der Waals surface area contributed by atoms with Gasteiger partial charge in [0.05, 0.1) is 23.4 Å². The summed E-state index contributed by atoms with van der Waals surface area (Å²) in [4.78, 5) is 45.6. The third-order valence-electron chi connectivity index (χ3n) is 5.50. The van der Waals surface area contributed by atoms with Crippen LogP contribution in [0, 0.1) is 17.5 Å². The van der Waals surface area contributed by atoms with Gasteiger partial charge in [-0.1, -0.05) is 18.2 Å². The quantitative estimate of drug-likeness (QED) is 0.389. The van der Waals surface area contributed by atoms with Gasteiger partial charge in [-0.15, -0.1) is 0 Å². The predicted molar refractivity (Wildman–Crippen MR) is 120 cm³/mol. The summed E-state index contributed by atoms with van der Waals surface area (Å²) in [7, 11) is 0. The number of nitrogens with zero attached hydrogens (tertiary/aromatic N) is 2. The van der Waals surface area contributed by atoms with E-state index in [9.17, 15) is 32.7 Å². The lowest BCUT2D eigenvalue weighted by Crippen LogP contribution is -2.46. The van der Waals surface area contributed by atoms with E-state index in [1.54, 1.807) is 0 Å². The zero-order chi connectivity index (χ0) is 25.3. The van der Waals surface area contributed by atoms with E-state index in [1.165, 1.54) is 37.3 Å². The Morgan fingerprint density at radius 2 is 1.83 bits per heavy atom. The second-order valence-electron chi connectivity index (χ2n) is 7.90. The molecule has 2 atom stereocenters. The molecular formula is C24H19F3N4O4. The first-order chi connectivity index (χ1) is 16.7. The van der Waals surface area contributed by atoms with Crippen LogP contribution >= 0.6 is 0 Å². The Balaban J connectivity index is 1.79. The van der Waals surface area contributed by atoms with Crippen molar-refractivity contribution < 1.29 is 23.1 Å². The Morgan fingerprint density at radius 3 is 2.51 bits per heavy atom. The number of carbonyl (C=O) groups is 1. The van der Waals surface area contributed by atoms with E-state index in [0.29, 0.717) is 16.2 Å². The number of rotatable bonds is 6. The number of halogens is 3. The number of H-pyrrole nitrogens is 1. The fourth-order valence-electron chi connectivity index (χ4n) is 3.81. The predicted octanol–water partition coefficient (Wildman–Crippen LogP) is 2.87. The van der Waals surface area contributed by atoms with Crippen LogP contribution < -0.4 is 16.6 Å². The van der Waals surface area contributed by atoms with Crippen molar-refractivity contribution in [3.63, 3.8) is 0 Å². The summed E-state index contributed by atoms with van der Waals surface area (Å²) < 4.78 is 41.4. The number of hydrogen-bond acceptors (Lipinski definition) is 5. The molecule has 180 valence electrons. The van der Waals surface area contributed by atoms with E-state index < -0.39 is 52.4 Å². The topological polar surface area (TPSA) is 117 Å². The van der Waals surface area contributed by atoms with E-state index in [1.807, 2.05) is 0 Å². The van der Waals surface area contributed by atoms with E-state index in [-0.39, 0.29) is 23.0 Å². The van der Waals surface area contributed by atoms with E-state index >= 15 is 0 Å². The van der Waals surface area contributed by atoms with Gasteiger partial charge in [0.2, 0.25) is 5.91 Å². The Bertz CT molecular complexity index is 1530. The number of phenols is 1. The largest absolute Gasteiger partial charge is 0.507 e. The molecule has 0 fully saturated rings. The fourth-order valence-corrected chi connectivity index (χ4v) is 3.81. The lowest BCUT2D eigenvalue weighted by molar-refractivity contribution is -0.125. The van der Waals surface area contributed by atoms with Crippen molar-refractivity contribution in [2.24, 2.45) is 0 Å². The Kier molecular flexibility index (Phi) is 6.41. The van der Waals surface area contributed by atoms with Gasteiger partial charge < -0.3 is 15.4 Å². The highest BCUT2D eigenvalue weighted by Gasteiger charge is 2.28. The number of nitrogens with one attached hydrogen (secondary N) is 2. The number of phenolic OH excluding ortho intramolecular Hbond substituents is 1. The van der Waals surface area contributed by atoms with Gasteiger partial charge in [0.25, 0.3) is 5.56 Å². The first kappa shape index (κ1) is 23.7. The number of aromatic hydroxyl groups is 1. The number of carbonyl (C=O) groups excluding carboxylic acids is 1. The third kappa shape index (κ3) is 4.79. The monoisotopic (exact) mass is 484 g/mol. The number of benzene rings is 2. The summed E-state index contributed by atoms with van der Waals surface area (Å²) in [6.07, 6.45) is 0.582. The lowest BCUT2D eigenvalue weighted by atomic mass is 10.0. The van der Waals surface area contributed by atoms with Crippen LogP contribution in [0.2, 0.25) is 0 Å². The first-order valence-electron chi connectivity index (χ1n) is 10.5. The van der Waals surface area contributed by atoms with Gasteiger partial charge in [-0.2, -0.15) is 0 Å². The van der Waals surface area contributed by atoms with Crippen molar-refractivity contribution in [2.45, 2.75) is 25.4 Å². The van der Waals surface area contributed by atoms with Crippen LogP contribution in [0.15, 0.2) is 64.3 Å². The molecule has 0 aliphatic heterocycles. The molecule has 35 heavy (non-hydrogen) atoms. The van der Waals surface area contributed by atoms with Gasteiger partial charge >= 0.3 is 5.69 Å². The van der Waals surface area contributed by atoms with E-state index in [4.69, 9.17) is 0 Å².